The van der Waals surface area contributed by atoms with Crippen LogP contribution in [-0.2, 0) is 0 Å². The Labute approximate surface area is 123 Å². The molecule has 104 valence electrons. The number of nitrogens with one attached hydrogen (secondary N) is 1. The number of nitrogens with two attached hydrogens (primary N) is 1. The lowest BCUT2D eigenvalue weighted by atomic mass is 10.00. The summed E-state index contributed by atoms with van der Waals surface area (Å²) in [5, 5.41) is 3.07. The number of anilines is 1. The third-order valence-electron chi connectivity index (χ3n) is 4.02. The van der Waals surface area contributed by atoms with E-state index >= 15 is 0 Å². The first-order chi connectivity index (χ1) is 8.97. The Kier molecular flexibility index (Phi) is 4.19. The fourth-order valence-electron chi connectivity index (χ4n) is 2.52. The molecule has 0 heterocycles. The summed E-state index contributed by atoms with van der Waals surface area (Å²) in [6.45, 7) is 4.86. The number of hydrogen-bond donors (Lipinski definition) is 2. The number of carbonyl (C=O) groups excluding carboxylic acids is 1. The Morgan fingerprint density at radius 1 is 1.47 bits per heavy atom. The van der Waals surface area contributed by atoms with Gasteiger partial charge in [-0.05, 0) is 49.3 Å². The van der Waals surface area contributed by atoms with Crippen molar-refractivity contribution in [1.29, 1.82) is 0 Å². The zero-order valence-corrected chi connectivity index (χ0v) is 13.1. The maximum atomic E-state index is 12.3. The number of benzene rings is 1. The molecule has 3 nitrogen and oxygen atoms in total. The van der Waals surface area contributed by atoms with E-state index < -0.39 is 0 Å². The molecule has 0 saturated heterocycles. The van der Waals surface area contributed by atoms with E-state index in [4.69, 9.17) is 5.73 Å². The molecule has 1 aromatic rings. The van der Waals surface area contributed by atoms with Gasteiger partial charge in [0.05, 0.1) is 0 Å². The fourth-order valence-corrected chi connectivity index (χ4v) is 3.00. The van der Waals surface area contributed by atoms with Crippen molar-refractivity contribution in [3.63, 3.8) is 0 Å². The summed E-state index contributed by atoms with van der Waals surface area (Å²) >= 11 is 3.38. The summed E-state index contributed by atoms with van der Waals surface area (Å²) < 4.78 is 0.843. The lowest BCUT2D eigenvalue weighted by Crippen LogP contribution is -2.30. The molecule has 2 rings (SSSR count). The Balaban J connectivity index is 2.04. The third-order valence-corrected chi connectivity index (χ3v) is 4.48. The Morgan fingerprint density at radius 3 is 2.74 bits per heavy atom. The van der Waals surface area contributed by atoms with Crippen molar-refractivity contribution in [2.24, 2.45) is 5.41 Å². The number of halogens is 1. The van der Waals surface area contributed by atoms with Crippen LogP contribution in [0.1, 0.15) is 48.5 Å². The highest BCUT2D eigenvalue weighted by molar-refractivity contribution is 9.10. The monoisotopic (exact) mass is 324 g/mol. The minimum absolute atomic E-state index is 0.0205. The highest BCUT2D eigenvalue weighted by atomic mass is 79.9. The summed E-state index contributed by atoms with van der Waals surface area (Å²) in [6, 6.07) is 3.66. The number of rotatable bonds is 5. The van der Waals surface area contributed by atoms with Crippen LogP contribution in [0.4, 0.5) is 5.69 Å². The first-order valence-corrected chi connectivity index (χ1v) is 7.60. The number of carbonyl (C=O) groups is 1. The molecule has 0 aromatic heterocycles. The highest BCUT2D eigenvalue weighted by Crippen LogP contribution is 2.48. The van der Waals surface area contributed by atoms with Crippen molar-refractivity contribution in [2.45, 2.75) is 39.5 Å². The lowest BCUT2D eigenvalue weighted by molar-refractivity contribution is 0.0943. The molecule has 1 aromatic carbocycles. The minimum atomic E-state index is -0.0205. The van der Waals surface area contributed by atoms with Crippen LogP contribution in [0.5, 0.6) is 0 Å². The predicted octanol–water partition coefficient (Wildman–Crippen LogP) is 3.65. The second-order valence-corrected chi connectivity index (χ2v) is 6.52. The average Bonchev–Trinajstić information content (AvgIpc) is 3.12. The van der Waals surface area contributed by atoms with Gasteiger partial charge in [0.15, 0.2) is 0 Å². The third kappa shape index (κ3) is 3.30. The Bertz CT molecular complexity index is 495. The normalized spacial score (nSPS) is 16.2. The summed E-state index contributed by atoms with van der Waals surface area (Å²) in [5.41, 5.74) is 8.42. The maximum absolute atomic E-state index is 12.3. The molecular formula is C15H21BrN2O. The number of nitrogen functional groups attached to an aromatic ring is 1. The molecule has 1 aliphatic rings. The SMILES string of the molecule is CCCC1(CNC(=O)c2cc(Br)cc(N)c2C)CC1. The largest absolute Gasteiger partial charge is 0.398 e. The number of amides is 1. The van der Waals surface area contributed by atoms with Crippen molar-refractivity contribution in [2.75, 3.05) is 12.3 Å². The quantitative estimate of drug-likeness (QED) is 0.812. The Hall–Kier alpha value is -1.03. The topological polar surface area (TPSA) is 55.1 Å². The minimum Gasteiger partial charge on any atom is -0.398 e. The molecule has 1 saturated carbocycles. The van der Waals surface area contributed by atoms with Gasteiger partial charge in [-0.15, -0.1) is 0 Å². The van der Waals surface area contributed by atoms with Gasteiger partial charge in [0.2, 0.25) is 0 Å². The van der Waals surface area contributed by atoms with Gasteiger partial charge in [0.25, 0.3) is 5.91 Å². The van der Waals surface area contributed by atoms with Gasteiger partial charge >= 0.3 is 0 Å². The van der Waals surface area contributed by atoms with Gasteiger partial charge in [-0.3, -0.25) is 4.79 Å². The van der Waals surface area contributed by atoms with Crippen LogP contribution < -0.4 is 11.1 Å². The van der Waals surface area contributed by atoms with E-state index in [1.54, 1.807) is 0 Å². The van der Waals surface area contributed by atoms with E-state index in [0.29, 0.717) is 16.7 Å². The first-order valence-electron chi connectivity index (χ1n) is 6.81. The molecule has 1 amide bonds. The predicted molar refractivity (Wildman–Crippen MR) is 82.2 cm³/mol. The molecule has 0 spiro atoms. The molecule has 3 N–H and O–H groups in total. The van der Waals surface area contributed by atoms with Gasteiger partial charge in [-0.25, -0.2) is 0 Å². The van der Waals surface area contributed by atoms with E-state index in [1.165, 1.54) is 25.7 Å². The molecule has 0 atom stereocenters. The van der Waals surface area contributed by atoms with Crippen molar-refractivity contribution < 1.29 is 4.79 Å². The summed E-state index contributed by atoms with van der Waals surface area (Å²) in [6.07, 6.45) is 4.85. The van der Waals surface area contributed by atoms with E-state index in [2.05, 4.69) is 28.2 Å². The van der Waals surface area contributed by atoms with E-state index in [0.717, 1.165) is 16.6 Å². The highest BCUT2D eigenvalue weighted by Gasteiger charge is 2.41. The van der Waals surface area contributed by atoms with Gasteiger partial charge in [0, 0.05) is 22.3 Å². The standard InChI is InChI=1S/C15H21BrN2O/c1-3-4-15(5-6-15)9-18-14(19)12-7-11(16)8-13(17)10(12)2/h7-8H,3-6,9,17H2,1-2H3,(H,18,19). The zero-order valence-electron chi connectivity index (χ0n) is 11.6. The lowest BCUT2D eigenvalue weighted by Gasteiger charge is -2.16. The second kappa shape index (κ2) is 5.53. The summed E-state index contributed by atoms with van der Waals surface area (Å²) in [4.78, 5) is 12.3. The van der Waals surface area contributed by atoms with E-state index in [-0.39, 0.29) is 5.91 Å². The van der Waals surface area contributed by atoms with Crippen LogP contribution in [0.2, 0.25) is 0 Å². The van der Waals surface area contributed by atoms with Crippen LogP contribution in [0.25, 0.3) is 0 Å². The molecule has 1 fully saturated rings. The van der Waals surface area contributed by atoms with Crippen molar-refractivity contribution in [3.05, 3.63) is 27.7 Å². The van der Waals surface area contributed by atoms with E-state index in [9.17, 15) is 4.79 Å². The fraction of sp³-hybridized carbons (Fsp3) is 0.533. The van der Waals surface area contributed by atoms with E-state index in [1.807, 2.05) is 19.1 Å². The van der Waals surface area contributed by atoms with Gasteiger partial charge in [-0.2, -0.15) is 0 Å². The molecule has 0 unspecified atom stereocenters. The van der Waals surface area contributed by atoms with Crippen LogP contribution in [-0.4, -0.2) is 12.5 Å². The molecule has 0 aliphatic heterocycles. The Morgan fingerprint density at radius 2 is 2.16 bits per heavy atom. The van der Waals surface area contributed by atoms with Crippen LogP contribution >= 0.6 is 15.9 Å². The average molecular weight is 325 g/mol. The molecule has 0 bridgehead atoms. The zero-order chi connectivity index (χ0) is 14.0. The van der Waals surface area contributed by atoms with Crippen molar-refractivity contribution in [1.82, 2.24) is 5.32 Å². The van der Waals surface area contributed by atoms with Crippen molar-refractivity contribution in [3.8, 4) is 0 Å². The molecule has 0 radical (unpaired) electrons. The molecular weight excluding hydrogens is 304 g/mol. The van der Waals surface area contributed by atoms with Crippen LogP contribution in [0, 0.1) is 12.3 Å². The van der Waals surface area contributed by atoms with Gasteiger partial charge in [0.1, 0.15) is 0 Å². The van der Waals surface area contributed by atoms with Crippen LogP contribution in [0.3, 0.4) is 0 Å². The van der Waals surface area contributed by atoms with Gasteiger partial charge < -0.3 is 11.1 Å². The molecule has 1 aliphatic carbocycles. The van der Waals surface area contributed by atoms with Gasteiger partial charge in [-0.1, -0.05) is 29.3 Å². The number of hydrogen-bond acceptors (Lipinski definition) is 2. The second-order valence-electron chi connectivity index (χ2n) is 5.60. The summed E-state index contributed by atoms with van der Waals surface area (Å²) in [5.74, 6) is -0.0205. The first kappa shape index (κ1) is 14.4. The van der Waals surface area contributed by atoms with Crippen molar-refractivity contribution >= 4 is 27.5 Å². The molecule has 19 heavy (non-hydrogen) atoms. The summed E-state index contributed by atoms with van der Waals surface area (Å²) in [7, 11) is 0. The smallest absolute Gasteiger partial charge is 0.251 e. The molecule has 4 heteroatoms. The van der Waals surface area contributed by atoms with Crippen LogP contribution in [0.15, 0.2) is 16.6 Å². The maximum Gasteiger partial charge on any atom is 0.251 e.